The lowest BCUT2D eigenvalue weighted by Crippen LogP contribution is -2.41. The van der Waals surface area contributed by atoms with E-state index in [0.29, 0.717) is 19.3 Å². The second-order valence-electron chi connectivity index (χ2n) is 5.40. The summed E-state index contributed by atoms with van der Waals surface area (Å²) in [5.74, 6) is -0.774. The van der Waals surface area contributed by atoms with E-state index in [9.17, 15) is 19.8 Å². The molecule has 1 aliphatic heterocycles. The normalized spacial score (nSPS) is 28.0. The first kappa shape index (κ1) is 18.5. The molecule has 0 aromatic carbocycles. The summed E-state index contributed by atoms with van der Waals surface area (Å²) < 4.78 is 5.64. The van der Waals surface area contributed by atoms with E-state index in [1.54, 1.807) is 6.08 Å². The van der Waals surface area contributed by atoms with Crippen molar-refractivity contribution in [3.63, 3.8) is 0 Å². The summed E-state index contributed by atoms with van der Waals surface area (Å²) in [4.78, 5) is 24.8. The molecule has 2 N–H and O–H groups in total. The first-order valence-electron chi connectivity index (χ1n) is 7.51. The minimum atomic E-state index is -0.893. The van der Waals surface area contributed by atoms with Crippen LogP contribution in [0.3, 0.4) is 0 Å². The predicted octanol–water partition coefficient (Wildman–Crippen LogP) is 0.988. The van der Waals surface area contributed by atoms with Crippen LogP contribution in [0.15, 0.2) is 24.9 Å². The molecule has 0 aromatic rings. The van der Waals surface area contributed by atoms with E-state index in [-0.39, 0.29) is 18.3 Å². The number of ketones is 1. The van der Waals surface area contributed by atoms with Crippen LogP contribution in [-0.2, 0) is 14.3 Å². The molecule has 1 rings (SSSR count). The fourth-order valence-corrected chi connectivity index (χ4v) is 2.51. The maximum absolute atomic E-state index is 12.3. The van der Waals surface area contributed by atoms with Crippen molar-refractivity contribution in [1.29, 1.82) is 0 Å². The van der Waals surface area contributed by atoms with E-state index < -0.39 is 24.4 Å². The maximum atomic E-state index is 12.3. The highest BCUT2D eigenvalue weighted by molar-refractivity contribution is 5.88. The van der Waals surface area contributed by atoms with Crippen LogP contribution in [0, 0.1) is 5.92 Å². The van der Waals surface area contributed by atoms with Crippen LogP contribution in [0.4, 0.5) is 0 Å². The van der Waals surface area contributed by atoms with Crippen molar-refractivity contribution in [3.05, 3.63) is 24.9 Å². The molecule has 22 heavy (non-hydrogen) atoms. The quantitative estimate of drug-likeness (QED) is 0.515. The van der Waals surface area contributed by atoms with Crippen LogP contribution in [0.2, 0.25) is 0 Å². The SMILES string of the molecule is C=CCC1C(O)[C@@H](CO)O[C@H]1N(/C=C\C(C)=O)C(=O)CCC. The summed E-state index contributed by atoms with van der Waals surface area (Å²) in [6.45, 7) is 6.59. The minimum absolute atomic E-state index is 0.188. The van der Waals surface area contributed by atoms with Crippen molar-refractivity contribution < 1.29 is 24.5 Å². The molecule has 0 aliphatic carbocycles. The number of hydrogen-bond acceptors (Lipinski definition) is 5. The Kier molecular flexibility index (Phi) is 7.44. The molecule has 6 heteroatoms. The first-order chi connectivity index (χ1) is 10.5. The number of aliphatic hydroxyl groups excluding tert-OH is 2. The molecule has 1 amide bonds. The number of nitrogens with zero attached hydrogens (tertiary/aromatic N) is 1. The number of hydrogen-bond donors (Lipinski definition) is 2. The van der Waals surface area contributed by atoms with Crippen molar-refractivity contribution >= 4 is 11.7 Å². The largest absolute Gasteiger partial charge is 0.394 e. The molecule has 124 valence electrons. The monoisotopic (exact) mass is 311 g/mol. The molecule has 0 saturated carbocycles. The molecule has 6 nitrogen and oxygen atoms in total. The van der Waals surface area contributed by atoms with Gasteiger partial charge in [0.05, 0.1) is 12.7 Å². The standard InChI is InChI=1S/C16H25NO5/c1-4-6-12-15(21)13(10-18)22-16(12)17(9-8-11(3)19)14(20)7-5-2/h4,8-9,12-13,15-16,18,21H,1,5-7,10H2,2-3H3/b9-8-/t12?,13-,15?,16-/m1/s1. The molecule has 1 aliphatic rings. The van der Waals surface area contributed by atoms with Gasteiger partial charge in [-0.15, -0.1) is 6.58 Å². The third-order valence-electron chi connectivity index (χ3n) is 3.61. The molecule has 0 radical (unpaired) electrons. The molecule has 0 aromatic heterocycles. The van der Waals surface area contributed by atoms with Crippen molar-refractivity contribution in [2.24, 2.45) is 5.92 Å². The van der Waals surface area contributed by atoms with Crippen molar-refractivity contribution in [1.82, 2.24) is 4.90 Å². The number of aliphatic hydroxyl groups is 2. The van der Waals surface area contributed by atoms with Gasteiger partial charge in [-0.3, -0.25) is 14.5 Å². The smallest absolute Gasteiger partial charge is 0.228 e. The number of carbonyl (C=O) groups excluding carboxylic acids is 2. The summed E-state index contributed by atoms with van der Waals surface area (Å²) in [6, 6.07) is 0. The summed E-state index contributed by atoms with van der Waals surface area (Å²) in [6.07, 6.45) is 3.37. The number of ether oxygens (including phenoxy) is 1. The number of amides is 1. The first-order valence-corrected chi connectivity index (χ1v) is 7.51. The Labute approximate surface area is 131 Å². The van der Waals surface area contributed by atoms with E-state index >= 15 is 0 Å². The predicted molar refractivity (Wildman–Crippen MR) is 81.6 cm³/mol. The Morgan fingerprint density at radius 3 is 2.59 bits per heavy atom. The van der Waals surface area contributed by atoms with Gasteiger partial charge in [0.2, 0.25) is 5.91 Å². The van der Waals surface area contributed by atoms with Crippen molar-refractivity contribution in [2.75, 3.05) is 6.61 Å². The van der Waals surface area contributed by atoms with Gasteiger partial charge in [-0.25, -0.2) is 0 Å². The van der Waals surface area contributed by atoms with Gasteiger partial charge in [0.15, 0.2) is 5.78 Å². The molecule has 0 spiro atoms. The molecule has 1 fully saturated rings. The molecule has 1 heterocycles. The average molecular weight is 311 g/mol. The van der Waals surface area contributed by atoms with Crippen LogP contribution in [-0.4, -0.2) is 51.8 Å². The number of rotatable bonds is 8. The van der Waals surface area contributed by atoms with Crippen molar-refractivity contribution in [2.45, 2.75) is 51.5 Å². The van der Waals surface area contributed by atoms with E-state index in [1.165, 1.54) is 24.1 Å². The lowest BCUT2D eigenvalue weighted by Gasteiger charge is -2.29. The fourth-order valence-electron chi connectivity index (χ4n) is 2.51. The topological polar surface area (TPSA) is 87.1 Å². The van der Waals surface area contributed by atoms with Crippen LogP contribution in [0.5, 0.6) is 0 Å². The summed E-state index contributed by atoms with van der Waals surface area (Å²) in [5.41, 5.74) is 0. The maximum Gasteiger partial charge on any atom is 0.228 e. The highest BCUT2D eigenvalue weighted by Crippen LogP contribution is 2.33. The summed E-state index contributed by atoms with van der Waals surface area (Å²) in [5, 5.41) is 19.5. The average Bonchev–Trinajstić information content (AvgIpc) is 2.77. The van der Waals surface area contributed by atoms with Crippen LogP contribution < -0.4 is 0 Å². The lowest BCUT2D eigenvalue weighted by molar-refractivity contribution is -0.143. The van der Waals surface area contributed by atoms with E-state index in [2.05, 4.69) is 6.58 Å². The molecule has 1 saturated heterocycles. The van der Waals surface area contributed by atoms with Gasteiger partial charge < -0.3 is 14.9 Å². The Balaban J connectivity index is 3.06. The second kappa shape index (κ2) is 8.82. The third-order valence-corrected chi connectivity index (χ3v) is 3.61. The van der Waals surface area contributed by atoms with Gasteiger partial charge >= 0.3 is 0 Å². The Morgan fingerprint density at radius 1 is 1.41 bits per heavy atom. The van der Waals surface area contributed by atoms with Gasteiger partial charge in [-0.2, -0.15) is 0 Å². The Bertz CT molecular complexity index is 434. The van der Waals surface area contributed by atoms with Crippen molar-refractivity contribution in [3.8, 4) is 0 Å². The van der Waals surface area contributed by atoms with Crippen LogP contribution in [0.1, 0.15) is 33.1 Å². The molecular weight excluding hydrogens is 286 g/mol. The van der Waals surface area contributed by atoms with E-state index in [4.69, 9.17) is 4.74 Å². The zero-order valence-corrected chi connectivity index (χ0v) is 13.1. The van der Waals surface area contributed by atoms with Gasteiger partial charge in [-0.05, 0) is 25.8 Å². The highest BCUT2D eigenvalue weighted by Gasteiger charge is 2.45. The van der Waals surface area contributed by atoms with E-state index in [0.717, 1.165) is 0 Å². The summed E-state index contributed by atoms with van der Waals surface area (Å²) in [7, 11) is 0. The Morgan fingerprint density at radius 2 is 2.09 bits per heavy atom. The van der Waals surface area contributed by atoms with Gasteiger partial charge in [0, 0.05) is 18.5 Å². The van der Waals surface area contributed by atoms with E-state index in [1.807, 2.05) is 6.92 Å². The second-order valence-corrected chi connectivity index (χ2v) is 5.40. The van der Waals surface area contributed by atoms with Gasteiger partial charge in [0.25, 0.3) is 0 Å². The molecule has 0 bridgehead atoms. The highest BCUT2D eigenvalue weighted by atomic mass is 16.5. The fraction of sp³-hybridized carbons (Fsp3) is 0.625. The minimum Gasteiger partial charge on any atom is -0.394 e. The molecular formula is C16H25NO5. The van der Waals surface area contributed by atoms with Gasteiger partial charge in [0.1, 0.15) is 12.3 Å². The Hall–Kier alpha value is -1.50. The number of allylic oxidation sites excluding steroid dienone is 2. The lowest BCUT2D eigenvalue weighted by atomic mass is 9.95. The van der Waals surface area contributed by atoms with Crippen LogP contribution >= 0.6 is 0 Å². The number of carbonyl (C=O) groups is 2. The van der Waals surface area contributed by atoms with Gasteiger partial charge in [-0.1, -0.05) is 13.0 Å². The molecule has 4 atom stereocenters. The summed E-state index contributed by atoms with van der Waals surface area (Å²) >= 11 is 0. The molecule has 2 unspecified atom stereocenters. The van der Waals surface area contributed by atoms with Crippen LogP contribution in [0.25, 0.3) is 0 Å². The zero-order valence-electron chi connectivity index (χ0n) is 13.1. The zero-order chi connectivity index (χ0) is 16.7. The third kappa shape index (κ3) is 4.50.